The molecule has 0 radical (unpaired) electrons. The van der Waals surface area contributed by atoms with Crippen LogP contribution in [0.1, 0.15) is 17.5 Å². The summed E-state index contributed by atoms with van der Waals surface area (Å²) in [7, 11) is 0. The van der Waals surface area contributed by atoms with Gasteiger partial charge in [0, 0.05) is 28.9 Å². The lowest BCUT2D eigenvalue weighted by atomic mass is 10.1. The third-order valence-electron chi connectivity index (χ3n) is 2.63. The predicted molar refractivity (Wildman–Crippen MR) is 76.5 cm³/mol. The van der Waals surface area contributed by atoms with E-state index in [1.54, 1.807) is 12.4 Å². The molecular formula is C15H14BrNO2. The SMILES string of the molecule is O=C(CCc1cccc(Br)c1)OCc1cccnc1. The summed E-state index contributed by atoms with van der Waals surface area (Å²) in [6.07, 6.45) is 4.46. The van der Waals surface area contributed by atoms with E-state index in [2.05, 4.69) is 20.9 Å². The van der Waals surface area contributed by atoms with Gasteiger partial charge >= 0.3 is 5.97 Å². The van der Waals surface area contributed by atoms with Gasteiger partial charge in [0.2, 0.25) is 0 Å². The first-order chi connectivity index (χ1) is 9.24. The van der Waals surface area contributed by atoms with Gasteiger partial charge in [-0.15, -0.1) is 0 Å². The Balaban J connectivity index is 1.76. The Labute approximate surface area is 120 Å². The van der Waals surface area contributed by atoms with Crippen molar-refractivity contribution in [2.45, 2.75) is 19.4 Å². The molecule has 1 heterocycles. The second-order valence-corrected chi connectivity index (χ2v) is 5.07. The number of hydrogen-bond acceptors (Lipinski definition) is 3. The summed E-state index contributed by atoms with van der Waals surface area (Å²) in [5.41, 5.74) is 2.02. The van der Waals surface area contributed by atoms with Crippen LogP contribution in [-0.4, -0.2) is 11.0 Å². The molecule has 98 valence electrons. The van der Waals surface area contributed by atoms with E-state index in [1.165, 1.54) is 0 Å². The van der Waals surface area contributed by atoms with E-state index in [1.807, 2.05) is 36.4 Å². The van der Waals surface area contributed by atoms with E-state index in [4.69, 9.17) is 4.74 Å². The number of ether oxygens (including phenoxy) is 1. The molecule has 0 atom stereocenters. The van der Waals surface area contributed by atoms with Crippen molar-refractivity contribution in [1.29, 1.82) is 0 Å². The topological polar surface area (TPSA) is 39.2 Å². The number of carbonyl (C=O) groups excluding carboxylic acids is 1. The molecular weight excluding hydrogens is 306 g/mol. The molecule has 0 amide bonds. The van der Waals surface area contributed by atoms with Crippen molar-refractivity contribution < 1.29 is 9.53 Å². The number of rotatable bonds is 5. The van der Waals surface area contributed by atoms with Crippen LogP contribution in [0, 0.1) is 0 Å². The Morgan fingerprint density at radius 1 is 1.21 bits per heavy atom. The molecule has 0 aliphatic heterocycles. The highest BCUT2D eigenvalue weighted by Gasteiger charge is 2.04. The van der Waals surface area contributed by atoms with E-state index < -0.39 is 0 Å². The number of esters is 1. The number of aromatic nitrogens is 1. The van der Waals surface area contributed by atoms with Crippen molar-refractivity contribution in [3.05, 3.63) is 64.4 Å². The second-order valence-electron chi connectivity index (χ2n) is 4.15. The fraction of sp³-hybridized carbons (Fsp3) is 0.200. The van der Waals surface area contributed by atoms with Gasteiger partial charge in [-0.25, -0.2) is 0 Å². The quantitative estimate of drug-likeness (QED) is 0.791. The number of pyridine rings is 1. The summed E-state index contributed by atoms with van der Waals surface area (Å²) in [6, 6.07) is 11.6. The summed E-state index contributed by atoms with van der Waals surface area (Å²) in [5.74, 6) is -0.191. The maximum Gasteiger partial charge on any atom is 0.306 e. The number of aryl methyl sites for hydroxylation is 1. The Morgan fingerprint density at radius 2 is 2.05 bits per heavy atom. The summed E-state index contributed by atoms with van der Waals surface area (Å²) >= 11 is 3.41. The van der Waals surface area contributed by atoms with Crippen LogP contribution >= 0.6 is 15.9 Å². The van der Waals surface area contributed by atoms with Crippen LogP contribution in [0.25, 0.3) is 0 Å². The zero-order valence-corrected chi connectivity index (χ0v) is 12.0. The largest absolute Gasteiger partial charge is 0.461 e. The Morgan fingerprint density at radius 3 is 2.79 bits per heavy atom. The first kappa shape index (κ1) is 13.7. The average molecular weight is 320 g/mol. The molecule has 0 aliphatic carbocycles. The molecule has 19 heavy (non-hydrogen) atoms. The van der Waals surface area contributed by atoms with Gasteiger partial charge in [-0.05, 0) is 30.2 Å². The zero-order chi connectivity index (χ0) is 13.5. The fourth-order valence-corrected chi connectivity index (χ4v) is 2.11. The van der Waals surface area contributed by atoms with Gasteiger partial charge in [0.15, 0.2) is 0 Å². The van der Waals surface area contributed by atoms with Crippen LogP contribution in [0.5, 0.6) is 0 Å². The Kier molecular flexibility index (Phi) is 5.10. The van der Waals surface area contributed by atoms with Crippen LogP contribution in [0.15, 0.2) is 53.3 Å². The van der Waals surface area contributed by atoms with Crippen molar-refractivity contribution >= 4 is 21.9 Å². The highest BCUT2D eigenvalue weighted by molar-refractivity contribution is 9.10. The van der Waals surface area contributed by atoms with Gasteiger partial charge in [-0.2, -0.15) is 0 Å². The number of hydrogen-bond donors (Lipinski definition) is 0. The van der Waals surface area contributed by atoms with Crippen LogP contribution in [-0.2, 0) is 22.6 Å². The molecule has 0 spiro atoms. The molecule has 2 rings (SSSR count). The Hall–Kier alpha value is -1.68. The highest BCUT2D eigenvalue weighted by atomic mass is 79.9. The van der Waals surface area contributed by atoms with Gasteiger partial charge in [0.25, 0.3) is 0 Å². The van der Waals surface area contributed by atoms with Gasteiger partial charge in [0.05, 0.1) is 0 Å². The van der Waals surface area contributed by atoms with E-state index in [9.17, 15) is 4.79 Å². The van der Waals surface area contributed by atoms with Crippen molar-refractivity contribution in [2.24, 2.45) is 0 Å². The molecule has 3 nitrogen and oxygen atoms in total. The third-order valence-corrected chi connectivity index (χ3v) is 3.12. The number of halogens is 1. The molecule has 1 aromatic carbocycles. The van der Waals surface area contributed by atoms with Crippen LogP contribution in [0.4, 0.5) is 0 Å². The average Bonchev–Trinajstić information content (AvgIpc) is 2.44. The minimum absolute atomic E-state index is 0.191. The maximum atomic E-state index is 11.6. The van der Waals surface area contributed by atoms with Gasteiger partial charge in [0.1, 0.15) is 6.61 Å². The minimum Gasteiger partial charge on any atom is -0.461 e. The summed E-state index contributed by atoms with van der Waals surface area (Å²) in [4.78, 5) is 15.6. The lowest BCUT2D eigenvalue weighted by molar-refractivity contribution is -0.144. The first-order valence-electron chi connectivity index (χ1n) is 6.03. The van der Waals surface area contributed by atoms with Crippen molar-refractivity contribution in [2.75, 3.05) is 0 Å². The number of nitrogens with zero attached hydrogens (tertiary/aromatic N) is 1. The Bertz CT molecular complexity index is 543. The molecule has 0 bridgehead atoms. The number of benzene rings is 1. The first-order valence-corrected chi connectivity index (χ1v) is 6.82. The fourth-order valence-electron chi connectivity index (χ4n) is 1.66. The standard InChI is InChI=1S/C15H14BrNO2/c16-14-5-1-3-12(9-14)6-7-15(18)19-11-13-4-2-8-17-10-13/h1-5,8-10H,6-7,11H2. The van der Waals surface area contributed by atoms with E-state index in [0.29, 0.717) is 12.8 Å². The minimum atomic E-state index is -0.191. The molecule has 0 aliphatic rings. The van der Waals surface area contributed by atoms with Crippen LogP contribution < -0.4 is 0 Å². The lowest BCUT2D eigenvalue weighted by Gasteiger charge is -2.05. The van der Waals surface area contributed by atoms with Gasteiger partial charge in [-0.1, -0.05) is 34.1 Å². The normalized spacial score (nSPS) is 10.2. The molecule has 0 saturated carbocycles. The van der Waals surface area contributed by atoms with E-state index in [-0.39, 0.29) is 12.6 Å². The van der Waals surface area contributed by atoms with Crippen molar-refractivity contribution in [3.8, 4) is 0 Å². The smallest absolute Gasteiger partial charge is 0.306 e. The highest BCUT2D eigenvalue weighted by Crippen LogP contribution is 2.13. The monoisotopic (exact) mass is 319 g/mol. The number of carbonyl (C=O) groups is 1. The summed E-state index contributed by atoms with van der Waals surface area (Å²) < 4.78 is 6.21. The summed E-state index contributed by atoms with van der Waals surface area (Å²) in [5, 5.41) is 0. The molecule has 0 unspecified atom stereocenters. The predicted octanol–water partition coefficient (Wildman–Crippen LogP) is 3.52. The molecule has 0 saturated heterocycles. The molecule has 1 aromatic heterocycles. The van der Waals surface area contributed by atoms with Crippen LogP contribution in [0.2, 0.25) is 0 Å². The molecule has 2 aromatic rings. The molecule has 0 N–H and O–H groups in total. The summed E-state index contributed by atoms with van der Waals surface area (Å²) in [6.45, 7) is 0.283. The molecule has 0 fully saturated rings. The third kappa shape index (κ3) is 4.83. The van der Waals surface area contributed by atoms with E-state index >= 15 is 0 Å². The molecule has 4 heteroatoms. The van der Waals surface area contributed by atoms with Crippen molar-refractivity contribution in [1.82, 2.24) is 4.98 Å². The maximum absolute atomic E-state index is 11.6. The zero-order valence-electron chi connectivity index (χ0n) is 10.4. The van der Waals surface area contributed by atoms with E-state index in [0.717, 1.165) is 15.6 Å². The van der Waals surface area contributed by atoms with Crippen molar-refractivity contribution in [3.63, 3.8) is 0 Å². The second kappa shape index (κ2) is 7.04. The van der Waals surface area contributed by atoms with Gasteiger partial charge < -0.3 is 4.74 Å². The van der Waals surface area contributed by atoms with Crippen LogP contribution in [0.3, 0.4) is 0 Å². The van der Waals surface area contributed by atoms with Gasteiger partial charge in [-0.3, -0.25) is 9.78 Å². The lowest BCUT2D eigenvalue weighted by Crippen LogP contribution is -2.06.